The van der Waals surface area contributed by atoms with Crippen molar-refractivity contribution in [1.82, 2.24) is 15.4 Å². The van der Waals surface area contributed by atoms with Gasteiger partial charge in [0.2, 0.25) is 21.8 Å². The van der Waals surface area contributed by atoms with Crippen LogP contribution in [-0.2, 0) is 19.6 Å². The lowest BCUT2D eigenvalue weighted by molar-refractivity contribution is -0.121. The molecule has 2 amide bonds. The van der Waals surface area contributed by atoms with Gasteiger partial charge in [-0.05, 0) is 44.2 Å². The van der Waals surface area contributed by atoms with Gasteiger partial charge in [-0.25, -0.2) is 13.1 Å². The topological polar surface area (TPSA) is 104 Å². The van der Waals surface area contributed by atoms with Crippen LogP contribution in [0.4, 0.5) is 0 Å². The second kappa shape index (κ2) is 9.95. The monoisotopic (exact) mass is 367 g/mol. The number of amides is 2. The Morgan fingerprint density at radius 3 is 2.40 bits per heavy atom. The zero-order valence-electron chi connectivity index (χ0n) is 14.7. The average molecular weight is 367 g/mol. The van der Waals surface area contributed by atoms with Gasteiger partial charge in [0.15, 0.2) is 0 Å². The summed E-state index contributed by atoms with van der Waals surface area (Å²) < 4.78 is 25.5. The fourth-order valence-electron chi connectivity index (χ4n) is 1.86. The molecule has 1 aromatic carbocycles. The van der Waals surface area contributed by atoms with Crippen molar-refractivity contribution in [1.29, 1.82) is 0 Å². The summed E-state index contributed by atoms with van der Waals surface area (Å²) >= 11 is 0. The molecular formula is C17H25N3O4S. The fraction of sp³-hybridized carbons (Fsp3) is 0.412. The summed E-state index contributed by atoms with van der Waals surface area (Å²) in [5, 5.41) is 5.45. The van der Waals surface area contributed by atoms with Crippen molar-refractivity contribution in [3.63, 3.8) is 0 Å². The van der Waals surface area contributed by atoms with E-state index in [0.29, 0.717) is 5.56 Å². The summed E-state index contributed by atoms with van der Waals surface area (Å²) in [6, 6.07) is 6.25. The lowest BCUT2D eigenvalue weighted by Gasteiger charge is -2.11. The first kappa shape index (κ1) is 20.9. The molecule has 0 aliphatic carbocycles. The van der Waals surface area contributed by atoms with Crippen LogP contribution in [0.2, 0.25) is 0 Å². The molecule has 0 fully saturated rings. The molecule has 25 heavy (non-hydrogen) atoms. The summed E-state index contributed by atoms with van der Waals surface area (Å²) in [5.74, 6) is -0.414. The van der Waals surface area contributed by atoms with Crippen LogP contribution in [0.25, 0.3) is 6.08 Å². The lowest BCUT2D eigenvalue weighted by atomic mass is 10.2. The normalized spacial score (nSPS) is 12.8. The molecule has 1 atom stereocenters. The van der Waals surface area contributed by atoms with Crippen LogP contribution in [0, 0.1) is 0 Å². The lowest BCUT2D eigenvalue weighted by Crippen LogP contribution is -2.34. The third-order valence-electron chi connectivity index (χ3n) is 3.56. The molecule has 0 aromatic heterocycles. The summed E-state index contributed by atoms with van der Waals surface area (Å²) in [6.45, 7) is 4.16. The second-order valence-electron chi connectivity index (χ2n) is 5.53. The smallest absolute Gasteiger partial charge is 0.244 e. The Balaban J connectivity index is 2.45. The van der Waals surface area contributed by atoms with Crippen LogP contribution in [0.1, 0.15) is 32.3 Å². The van der Waals surface area contributed by atoms with E-state index in [1.165, 1.54) is 25.3 Å². The van der Waals surface area contributed by atoms with Crippen molar-refractivity contribution in [2.75, 3.05) is 13.6 Å². The Morgan fingerprint density at radius 2 is 1.84 bits per heavy atom. The largest absolute Gasteiger partial charge is 0.354 e. The van der Waals surface area contributed by atoms with Gasteiger partial charge in [-0.2, -0.15) is 0 Å². The maximum atomic E-state index is 11.7. The predicted molar refractivity (Wildman–Crippen MR) is 97.2 cm³/mol. The molecule has 1 aromatic rings. The van der Waals surface area contributed by atoms with E-state index in [4.69, 9.17) is 0 Å². The third kappa shape index (κ3) is 7.49. The highest BCUT2D eigenvalue weighted by Gasteiger charge is 2.10. The van der Waals surface area contributed by atoms with Crippen molar-refractivity contribution in [3.8, 4) is 0 Å². The van der Waals surface area contributed by atoms with Crippen molar-refractivity contribution in [2.45, 2.75) is 37.6 Å². The van der Waals surface area contributed by atoms with Crippen LogP contribution in [-0.4, -0.2) is 39.9 Å². The number of hydrogen-bond acceptors (Lipinski definition) is 4. The van der Waals surface area contributed by atoms with E-state index in [9.17, 15) is 18.0 Å². The van der Waals surface area contributed by atoms with E-state index in [1.54, 1.807) is 18.2 Å². The highest BCUT2D eigenvalue weighted by molar-refractivity contribution is 7.89. The van der Waals surface area contributed by atoms with Gasteiger partial charge in [-0.3, -0.25) is 9.59 Å². The molecular weight excluding hydrogens is 342 g/mol. The molecule has 0 saturated heterocycles. The molecule has 138 valence electrons. The summed E-state index contributed by atoms with van der Waals surface area (Å²) in [7, 11) is -2.12. The SMILES string of the molecule is CCC(C)NC(=O)CCNC(=O)/C=C/c1ccc(S(=O)(=O)NC)cc1. The molecule has 3 N–H and O–H groups in total. The molecule has 0 aliphatic heterocycles. The Hall–Kier alpha value is -2.19. The number of nitrogens with one attached hydrogen (secondary N) is 3. The molecule has 7 nitrogen and oxygen atoms in total. The van der Waals surface area contributed by atoms with Crippen molar-refractivity contribution >= 4 is 27.9 Å². The highest BCUT2D eigenvalue weighted by Crippen LogP contribution is 2.11. The van der Waals surface area contributed by atoms with E-state index in [2.05, 4.69) is 15.4 Å². The number of rotatable bonds is 9. The second-order valence-corrected chi connectivity index (χ2v) is 7.41. The Morgan fingerprint density at radius 1 is 1.20 bits per heavy atom. The van der Waals surface area contributed by atoms with Crippen molar-refractivity contribution < 1.29 is 18.0 Å². The molecule has 0 saturated carbocycles. The van der Waals surface area contributed by atoms with Gasteiger partial charge >= 0.3 is 0 Å². The third-order valence-corrected chi connectivity index (χ3v) is 4.99. The maximum Gasteiger partial charge on any atom is 0.244 e. The van der Waals surface area contributed by atoms with Gasteiger partial charge in [-0.1, -0.05) is 19.1 Å². The first-order chi connectivity index (χ1) is 11.8. The van der Waals surface area contributed by atoms with Gasteiger partial charge < -0.3 is 10.6 Å². The molecule has 0 bridgehead atoms. The number of benzene rings is 1. The van der Waals surface area contributed by atoms with Crippen LogP contribution in [0.15, 0.2) is 35.2 Å². The van der Waals surface area contributed by atoms with E-state index in [1.807, 2.05) is 13.8 Å². The number of hydrogen-bond donors (Lipinski definition) is 3. The van der Waals surface area contributed by atoms with Gasteiger partial charge in [0.25, 0.3) is 0 Å². The molecule has 0 radical (unpaired) electrons. The van der Waals surface area contributed by atoms with Crippen molar-refractivity contribution in [3.05, 3.63) is 35.9 Å². The number of carbonyl (C=O) groups is 2. The summed E-state index contributed by atoms with van der Waals surface area (Å²) in [6.07, 6.45) is 3.99. The fourth-order valence-corrected chi connectivity index (χ4v) is 2.59. The minimum atomic E-state index is -3.47. The Kier molecular flexibility index (Phi) is 8.30. The van der Waals surface area contributed by atoms with E-state index < -0.39 is 10.0 Å². The zero-order chi connectivity index (χ0) is 18.9. The van der Waals surface area contributed by atoms with Crippen LogP contribution >= 0.6 is 0 Å². The Labute approximate surface area is 148 Å². The van der Waals surface area contributed by atoms with E-state index >= 15 is 0 Å². The molecule has 1 rings (SSSR count). The average Bonchev–Trinajstić information content (AvgIpc) is 2.60. The number of sulfonamides is 1. The predicted octanol–water partition coefficient (Wildman–Crippen LogP) is 1.03. The minimum Gasteiger partial charge on any atom is -0.354 e. The summed E-state index contributed by atoms with van der Waals surface area (Å²) in [5.41, 5.74) is 0.694. The molecule has 1 unspecified atom stereocenters. The molecule has 0 heterocycles. The highest BCUT2D eigenvalue weighted by atomic mass is 32.2. The van der Waals surface area contributed by atoms with Crippen LogP contribution in [0.3, 0.4) is 0 Å². The Bertz CT molecular complexity index is 712. The standard InChI is InChI=1S/C17H25N3O4S/c1-4-13(2)20-17(22)11-12-19-16(21)10-7-14-5-8-15(9-6-14)25(23,24)18-3/h5-10,13,18H,4,11-12H2,1-3H3,(H,19,21)(H,20,22)/b10-7+. The van der Waals surface area contributed by atoms with Gasteiger partial charge in [0.1, 0.15) is 0 Å². The first-order valence-electron chi connectivity index (χ1n) is 8.07. The van der Waals surface area contributed by atoms with Gasteiger partial charge in [-0.15, -0.1) is 0 Å². The van der Waals surface area contributed by atoms with Gasteiger partial charge in [0, 0.05) is 25.1 Å². The van der Waals surface area contributed by atoms with Gasteiger partial charge in [0.05, 0.1) is 4.90 Å². The van der Waals surface area contributed by atoms with E-state index in [-0.39, 0.29) is 35.7 Å². The number of carbonyl (C=O) groups excluding carboxylic acids is 2. The molecule has 8 heteroatoms. The first-order valence-corrected chi connectivity index (χ1v) is 9.55. The molecule has 0 aliphatic rings. The summed E-state index contributed by atoms with van der Waals surface area (Å²) in [4.78, 5) is 23.4. The minimum absolute atomic E-state index is 0.0973. The van der Waals surface area contributed by atoms with Crippen LogP contribution in [0.5, 0.6) is 0 Å². The molecule has 0 spiro atoms. The van der Waals surface area contributed by atoms with E-state index in [0.717, 1.165) is 6.42 Å². The van der Waals surface area contributed by atoms with Crippen LogP contribution < -0.4 is 15.4 Å². The van der Waals surface area contributed by atoms with Crippen molar-refractivity contribution in [2.24, 2.45) is 0 Å². The quantitative estimate of drug-likeness (QED) is 0.567. The zero-order valence-corrected chi connectivity index (χ0v) is 15.5. The maximum absolute atomic E-state index is 11.7.